The molecule has 0 aliphatic heterocycles. The molecule has 0 aromatic carbocycles. The minimum absolute atomic E-state index is 0.00334. The first kappa shape index (κ1) is 18.5. The third-order valence-corrected chi connectivity index (χ3v) is 2.82. The Morgan fingerprint density at radius 2 is 1.85 bits per heavy atom. The van der Waals surface area contributed by atoms with E-state index in [1.165, 1.54) is 0 Å². The number of nitroso groups, excluding NO2 is 1. The smallest absolute Gasteiger partial charge is 0.239 e. The molecule has 116 valence electrons. The van der Waals surface area contributed by atoms with Gasteiger partial charge in [-0.3, -0.25) is 9.59 Å². The second-order valence-corrected chi connectivity index (χ2v) is 5.21. The minimum Gasteiger partial charge on any atom is -0.355 e. The first-order valence-electron chi connectivity index (χ1n) is 7.06. The van der Waals surface area contributed by atoms with E-state index in [1.54, 1.807) is 0 Å². The van der Waals surface area contributed by atoms with E-state index in [-0.39, 0.29) is 25.4 Å². The number of unbranched alkanes of at least 4 members (excludes halogenated alkanes) is 1. The van der Waals surface area contributed by atoms with Gasteiger partial charge in [-0.1, -0.05) is 31.9 Å². The number of hydrogen-bond donors (Lipinski definition) is 3. The second-order valence-electron chi connectivity index (χ2n) is 5.21. The lowest BCUT2D eigenvalue weighted by Crippen LogP contribution is -2.45. The molecule has 0 unspecified atom stereocenters. The molecule has 0 aliphatic rings. The Labute approximate surface area is 120 Å². The third-order valence-electron chi connectivity index (χ3n) is 2.82. The van der Waals surface area contributed by atoms with Crippen molar-refractivity contribution in [2.45, 2.75) is 45.6 Å². The highest BCUT2D eigenvalue weighted by atomic mass is 16.3. The van der Waals surface area contributed by atoms with Crippen LogP contribution >= 0.6 is 0 Å². The van der Waals surface area contributed by atoms with Crippen LogP contribution in [0.5, 0.6) is 0 Å². The van der Waals surface area contributed by atoms with E-state index in [9.17, 15) is 14.5 Å². The van der Waals surface area contributed by atoms with Crippen molar-refractivity contribution in [3.8, 4) is 0 Å². The zero-order chi connectivity index (χ0) is 15.4. The molecule has 0 rings (SSSR count). The maximum Gasteiger partial charge on any atom is 0.239 e. The highest BCUT2D eigenvalue weighted by Gasteiger charge is 2.13. The topological polar surface area (TPSA) is 114 Å². The fourth-order valence-corrected chi connectivity index (χ4v) is 1.59. The van der Waals surface area contributed by atoms with Gasteiger partial charge in [0.05, 0.1) is 19.1 Å². The maximum absolute atomic E-state index is 11.4. The summed E-state index contributed by atoms with van der Waals surface area (Å²) in [4.78, 5) is 32.8. The van der Waals surface area contributed by atoms with Gasteiger partial charge in [-0.05, 0) is 18.8 Å². The van der Waals surface area contributed by atoms with Crippen molar-refractivity contribution in [3.63, 3.8) is 0 Å². The normalized spacial score (nSPS) is 12.0. The summed E-state index contributed by atoms with van der Waals surface area (Å²) < 4.78 is 0. The maximum atomic E-state index is 11.4. The molecule has 0 heterocycles. The van der Waals surface area contributed by atoms with E-state index < -0.39 is 11.9 Å². The molecule has 4 N–H and O–H groups in total. The fourth-order valence-electron chi connectivity index (χ4n) is 1.59. The molecule has 0 saturated carbocycles. The number of nitrogens with two attached hydrogens (primary N) is 1. The molecule has 0 fully saturated rings. The molecular formula is C13H26N4O3. The molecule has 0 aromatic rings. The fraction of sp³-hybridized carbons (Fsp3) is 0.846. The van der Waals surface area contributed by atoms with Crippen LogP contribution in [0.3, 0.4) is 0 Å². The van der Waals surface area contributed by atoms with Gasteiger partial charge in [0.2, 0.25) is 11.8 Å². The summed E-state index contributed by atoms with van der Waals surface area (Å²) in [5, 5.41) is 7.80. The minimum atomic E-state index is -0.799. The molecule has 0 saturated heterocycles. The Balaban J connectivity index is 3.61. The quantitative estimate of drug-likeness (QED) is 0.379. The standard InChI is InChI=1S/C13H26N4O3/c1-10(2)5-3-4-7-15-12(18)9-16-13(19)11(14)6-8-17-20/h10-11H,3-9,14H2,1-2H3,(H,15,18)(H,16,19)/t11-/m1/s1. The molecule has 20 heavy (non-hydrogen) atoms. The molecule has 7 nitrogen and oxygen atoms in total. The van der Waals surface area contributed by atoms with Crippen LogP contribution in [0.4, 0.5) is 0 Å². The number of rotatable bonds is 11. The van der Waals surface area contributed by atoms with Gasteiger partial charge in [0.25, 0.3) is 0 Å². The van der Waals surface area contributed by atoms with E-state index in [1.807, 2.05) is 0 Å². The van der Waals surface area contributed by atoms with E-state index in [0.717, 1.165) is 19.3 Å². The lowest BCUT2D eigenvalue weighted by atomic mass is 10.1. The Morgan fingerprint density at radius 3 is 2.45 bits per heavy atom. The number of carbonyl (C=O) groups excluding carboxylic acids is 2. The van der Waals surface area contributed by atoms with Gasteiger partial charge in [0, 0.05) is 6.54 Å². The molecular weight excluding hydrogens is 260 g/mol. The number of hydrogen-bond acceptors (Lipinski definition) is 5. The third kappa shape index (κ3) is 10.4. The van der Waals surface area contributed by atoms with Crippen molar-refractivity contribution < 1.29 is 9.59 Å². The monoisotopic (exact) mass is 286 g/mol. The van der Waals surface area contributed by atoms with Crippen molar-refractivity contribution >= 4 is 11.8 Å². The average molecular weight is 286 g/mol. The van der Waals surface area contributed by atoms with Crippen LogP contribution in [-0.2, 0) is 9.59 Å². The second kappa shape index (κ2) is 11.3. The molecule has 7 heteroatoms. The van der Waals surface area contributed by atoms with Crippen LogP contribution in [0.2, 0.25) is 0 Å². The van der Waals surface area contributed by atoms with Crippen LogP contribution in [-0.4, -0.2) is 37.5 Å². The van der Waals surface area contributed by atoms with Crippen LogP contribution in [0, 0.1) is 10.8 Å². The van der Waals surface area contributed by atoms with Crippen LogP contribution in [0.1, 0.15) is 39.5 Å². The first-order valence-corrected chi connectivity index (χ1v) is 7.06. The Kier molecular flexibility index (Phi) is 10.5. The zero-order valence-electron chi connectivity index (χ0n) is 12.4. The van der Waals surface area contributed by atoms with Crippen LogP contribution in [0.25, 0.3) is 0 Å². The molecule has 0 spiro atoms. The van der Waals surface area contributed by atoms with Gasteiger partial charge in [0.15, 0.2) is 0 Å². The van der Waals surface area contributed by atoms with Gasteiger partial charge < -0.3 is 16.4 Å². The van der Waals surface area contributed by atoms with Crippen LogP contribution < -0.4 is 16.4 Å². The lowest BCUT2D eigenvalue weighted by Gasteiger charge is -2.11. The SMILES string of the molecule is CC(C)CCCCNC(=O)CNC(=O)[C@H](N)CCN=O. The summed E-state index contributed by atoms with van der Waals surface area (Å²) in [5.74, 6) is -0.000417. The number of amides is 2. The van der Waals surface area contributed by atoms with E-state index >= 15 is 0 Å². The summed E-state index contributed by atoms with van der Waals surface area (Å²) in [7, 11) is 0. The predicted molar refractivity (Wildman–Crippen MR) is 78.0 cm³/mol. The van der Waals surface area contributed by atoms with Gasteiger partial charge in [0.1, 0.15) is 0 Å². The van der Waals surface area contributed by atoms with Crippen LogP contribution in [0.15, 0.2) is 5.18 Å². The number of nitrogens with one attached hydrogen (secondary N) is 2. The molecule has 0 bridgehead atoms. The average Bonchev–Trinajstić information content (AvgIpc) is 2.41. The molecule has 0 aliphatic carbocycles. The van der Waals surface area contributed by atoms with Crippen molar-refractivity contribution in [2.75, 3.05) is 19.6 Å². The predicted octanol–water partition coefficient (Wildman–Crippen LogP) is 0.529. The van der Waals surface area contributed by atoms with E-state index in [4.69, 9.17) is 5.73 Å². The molecule has 0 aromatic heterocycles. The highest BCUT2D eigenvalue weighted by molar-refractivity contribution is 5.87. The van der Waals surface area contributed by atoms with Crippen molar-refractivity contribution in [2.24, 2.45) is 16.8 Å². The summed E-state index contributed by atoms with van der Waals surface area (Å²) in [6, 6.07) is -0.799. The number of carbonyl (C=O) groups is 2. The highest BCUT2D eigenvalue weighted by Crippen LogP contribution is 2.04. The molecule has 1 atom stereocenters. The van der Waals surface area contributed by atoms with Gasteiger partial charge in [-0.15, -0.1) is 0 Å². The van der Waals surface area contributed by atoms with E-state index in [2.05, 4.69) is 29.7 Å². The van der Waals surface area contributed by atoms with Crippen molar-refractivity contribution in [3.05, 3.63) is 4.91 Å². The molecule has 0 radical (unpaired) electrons. The Morgan fingerprint density at radius 1 is 1.15 bits per heavy atom. The number of nitrogens with zero attached hydrogens (tertiary/aromatic N) is 1. The molecule has 2 amide bonds. The summed E-state index contributed by atoms with van der Waals surface area (Å²) in [5.41, 5.74) is 5.51. The summed E-state index contributed by atoms with van der Waals surface area (Å²) in [6.45, 7) is 4.85. The van der Waals surface area contributed by atoms with Gasteiger partial charge in [-0.2, -0.15) is 4.91 Å². The zero-order valence-corrected chi connectivity index (χ0v) is 12.4. The Hall–Kier alpha value is -1.50. The van der Waals surface area contributed by atoms with Crippen molar-refractivity contribution in [1.82, 2.24) is 10.6 Å². The summed E-state index contributed by atoms with van der Waals surface area (Å²) in [6.07, 6.45) is 3.34. The first-order chi connectivity index (χ1) is 9.47. The Bertz CT molecular complexity index is 308. The lowest BCUT2D eigenvalue weighted by molar-refractivity contribution is -0.126. The van der Waals surface area contributed by atoms with Crippen molar-refractivity contribution in [1.29, 1.82) is 0 Å². The summed E-state index contributed by atoms with van der Waals surface area (Å²) >= 11 is 0. The van der Waals surface area contributed by atoms with Gasteiger partial charge in [-0.25, -0.2) is 0 Å². The van der Waals surface area contributed by atoms with E-state index in [0.29, 0.717) is 12.5 Å². The largest absolute Gasteiger partial charge is 0.355 e. The van der Waals surface area contributed by atoms with Gasteiger partial charge >= 0.3 is 0 Å².